The Morgan fingerprint density at radius 2 is 1.90 bits per heavy atom. The van der Waals surface area contributed by atoms with E-state index in [4.69, 9.17) is 9.47 Å². The molecule has 0 atom stereocenters. The van der Waals surface area contributed by atoms with Gasteiger partial charge in [0.15, 0.2) is 0 Å². The van der Waals surface area contributed by atoms with Crippen molar-refractivity contribution in [2.24, 2.45) is 0 Å². The van der Waals surface area contributed by atoms with Gasteiger partial charge in [0, 0.05) is 17.8 Å². The van der Waals surface area contributed by atoms with Gasteiger partial charge in [-0.25, -0.2) is 4.98 Å². The summed E-state index contributed by atoms with van der Waals surface area (Å²) in [7, 11) is 0. The SMILES string of the molecule is CSC(=O)COCCOc1ccc(-c2ccccc2)cn1. The van der Waals surface area contributed by atoms with Crippen LogP contribution in [0.4, 0.5) is 0 Å². The lowest BCUT2D eigenvalue weighted by Crippen LogP contribution is -2.11. The predicted octanol–water partition coefficient (Wildman–Crippen LogP) is 3.03. The highest BCUT2D eigenvalue weighted by Gasteiger charge is 2.01. The fourth-order valence-electron chi connectivity index (χ4n) is 1.69. The number of aromatic nitrogens is 1. The molecule has 0 bridgehead atoms. The van der Waals surface area contributed by atoms with Crippen LogP contribution in [0.3, 0.4) is 0 Å². The summed E-state index contributed by atoms with van der Waals surface area (Å²) in [6.07, 6.45) is 3.52. The summed E-state index contributed by atoms with van der Waals surface area (Å²) < 4.78 is 10.6. The molecule has 0 saturated heterocycles. The molecule has 110 valence electrons. The predicted molar refractivity (Wildman–Crippen MR) is 84.5 cm³/mol. The zero-order chi connectivity index (χ0) is 14.9. The number of carbonyl (C=O) groups is 1. The maximum absolute atomic E-state index is 11.0. The Hall–Kier alpha value is -1.85. The normalized spacial score (nSPS) is 10.3. The molecule has 1 heterocycles. The van der Waals surface area contributed by atoms with E-state index in [0.29, 0.717) is 19.1 Å². The van der Waals surface area contributed by atoms with Crippen LogP contribution in [0, 0.1) is 0 Å². The lowest BCUT2D eigenvalue weighted by atomic mass is 10.1. The fourth-order valence-corrected chi connectivity index (χ4v) is 1.89. The van der Waals surface area contributed by atoms with Crippen molar-refractivity contribution in [2.75, 3.05) is 26.1 Å². The van der Waals surface area contributed by atoms with Gasteiger partial charge in [-0.15, -0.1) is 0 Å². The molecule has 0 radical (unpaired) electrons. The van der Waals surface area contributed by atoms with Crippen LogP contribution >= 0.6 is 11.8 Å². The number of benzene rings is 1. The summed E-state index contributed by atoms with van der Waals surface area (Å²) in [5.41, 5.74) is 2.17. The van der Waals surface area contributed by atoms with E-state index < -0.39 is 0 Å². The standard InChI is InChI=1S/C16H17NO3S/c1-21-16(18)12-19-9-10-20-15-8-7-14(11-17-15)13-5-3-2-4-6-13/h2-8,11H,9-10,12H2,1H3. The first-order valence-corrected chi connectivity index (χ1v) is 7.81. The Balaban J connectivity index is 1.77. The quantitative estimate of drug-likeness (QED) is 0.736. The van der Waals surface area contributed by atoms with E-state index >= 15 is 0 Å². The largest absolute Gasteiger partial charge is 0.475 e. The average molecular weight is 303 g/mol. The van der Waals surface area contributed by atoms with E-state index in [1.165, 1.54) is 0 Å². The van der Waals surface area contributed by atoms with Crippen molar-refractivity contribution in [1.82, 2.24) is 4.98 Å². The summed E-state index contributed by atoms with van der Waals surface area (Å²) in [5.74, 6) is 0.550. The van der Waals surface area contributed by atoms with Gasteiger partial charge in [0.1, 0.15) is 13.2 Å². The number of rotatable bonds is 7. The minimum atomic E-state index is 0.0142. The average Bonchev–Trinajstić information content (AvgIpc) is 2.55. The van der Waals surface area contributed by atoms with Gasteiger partial charge in [0.2, 0.25) is 11.0 Å². The van der Waals surface area contributed by atoms with Crippen LogP contribution in [-0.4, -0.2) is 36.2 Å². The molecule has 21 heavy (non-hydrogen) atoms. The molecule has 0 aliphatic rings. The minimum Gasteiger partial charge on any atom is -0.475 e. The maximum atomic E-state index is 11.0. The number of pyridine rings is 1. The maximum Gasteiger partial charge on any atom is 0.214 e. The van der Waals surface area contributed by atoms with Crippen LogP contribution in [0.1, 0.15) is 0 Å². The number of hydrogen-bond acceptors (Lipinski definition) is 5. The van der Waals surface area contributed by atoms with E-state index in [1.807, 2.05) is 42.5 Å². The number of ether oxygens (including phenoxy) is 2. The molecular formula is C16H17NO3S. The molecular weight excluding hydrogens is 286 g/mol. The molecule has 4 nitrogen and oxygen atoms in total. The van der Waals surface area contributed by atoms with Gasteiger partial charge >= 0.3 is 0 Å². The monoisotopic (exact) mass is 303 g/mol. The van der Waals surface area contributed by atoms with Crippen LogP contribution in [0.15, 0.2) is 48.7 Å². The smallest absolute Gasteiger partial charge is 0.214 e. The molecule has 1 aromatic carbocycles. The molecule has 0 spiro atoms. The third-order valence-electron chi connectivity index (χ3n) is 2.77. The van der Waals surface area contributed by atoms with Crippen molar-refractivity contribution in [3.63, 3.8) is 0 Å². The van der Waals surface area contributed by atoms with Gasteiger partial charge in [-0.3, -0.25) is 4.79 Å². The molecule has 0 N–H and O–H groups in total. The number of carbonyl (C=O) groups excluding carboxylic acids is 1. The second kappa shape index (κ2) is 8.44. The van der Waals surface area contributed by atoms with Gasteiger partial charge in [-0.2, -0.15) is 0 Å². The van der Waals surface area contributed by atoms with Crippen molar-refractivity contribution < 1.29 is 14.3 Å². The van der Waals surface area contributed by atoms with Crippen molar-refractivity contribution in [3.8, 4) is 17.0 Å². The lowest BCUT2D eigenvalue weighted by Gasteiger charge is -2.06. The first kappa shape index (κ1) is 15.5. The number of hydrogen-bond donors (Lipinski definition) is 0. The molecule has 2 rings (SSSR count). The summed E-state index contributed by atoms with van der Waals surface area (Å²) >= 11 is 1.16. The topological polar surface area (TPSA) is 48.4 Å². The summed E-state index contributed by atoms with van der Waals surface area (Å²) in [4.78, 5) is 15.3. The molecule has 0 aliphatic carbocycles. The third-order valence-corrected chi connectivity index (χ3v) is 3.34. The molecule has 1 aromatic heterocycles. The molecule has 2 aromatic rings. The second-order valence-electron chi connectivity index (χ2n) is 4.23. The molecule has 0 saturated carbocycles. The Morgan fingerprint density at radius 1 is 1.10 bits per heavy atom. The van der Waals surface area contributed by atoms with Gasteiger partial charge in [0.25, 0.3) is 0 Å². The van der Waals surface area contributed by atoms with Crippen molar-refractivity contribution in [2.45, 2.75) is 0 Å². The van der Waals surface area contributed by atoms with E-state index in [2.05, 4.69) is 4.98 Å². The molecule has 0 fully saturated rings. The van der Waals surface area contributed by atoms with Crippen LogP contribution in [-0.2, 0) is 9.53 Å². The summed E-state index contributed by atoms with van der Waals surface area (Å²) in [5, 5.41) is 0.0142. The summed E-state index contributed by atoms with van der Waals surface area (Å²) in [6, 6.07) is 13.8. The lowest BCUT2D eigenvalue weighted by molar-refractivity contribution is -0.115. The molecule has 0 amide bonds. The van der Waals surface area contributed by atoms with Crippen LogP contribution in [0.25, 0.3) is 11.1 Å². The van der Waals surface area contributed by atoms with E-state index in [-0.39, 0.29) is 11.7 Å². The Bertz CT molecular complexity index is 557. The molecule has 5 heteroatoms. The minimum absolute atomic E-state index is 0.0142. The third kappa shape index (κ3) is 5.21. The zero-order valence-electron chi connectivity index (χ0n) is 11.8. The van der Waals surface area contributed by atoms with Crippen molar-refractivity contribution >= 4 is 16.9 Å². The van der Waals surface area contributed by atoms with Crippen LogP contribution in [0.2, 0.25) is 0 Å². The highest BCUT2D eigenvalue weighted by atomic mass is 32.2. The molecule has 0 aliphatic heterocycles. The van der Waals surface area contributed by atoms with Gasteiger partial charge < -0.3 is 9.47 Å². The Morgan fingerprint density at radius 3 is 2.57 bits per heavy atom. The second-order valence-corrected chi connectivity index (χ2v) is 5.09. The van der Waals surface area contributed by atoms with Crippen LogP contribution in [0.5, 0.6) is 5.88 Å². The van der Waals surface area contributed by atoms with E-state index in [9.17, 15) is 4.79 Å². The van der Waals surface area contributed by atoms with Gasteiger partial charge in [-0.05, 0) is 17.9 Å². The van der Waals surface area contributed by atoms with Crippen LogP contribution < -0.4 is 4.74 Å². The Kier molecular flexibility index (Phi) is 6.24. The highest BCUT2D eigenvalue weighted by molar-refractivity contribution is 8.13. The van der Waals surface area contributed by atoms with Gasteiger partial charge in [0.05, 0.1) is 6.61 Å². The highest BCUT2D eigenvalue weighted by Crippen LogP contribution is 2.19. The first-order chi connectivity index (χ1) is 10.3. The fraction of sp³-hybridized carbons (Fsp3) is 0.250. The van der Waals surface area contributed by atoms with Crippen molar-refractivity contribution in [3.05, 3.63) is 48.7 Å². The van der Waals surface area contributed by atoms with Gasteiger partial charge in [-0.1, -0.05) is 42.1 Å². The van der Waals surface area contributed by atoms with Crippen molar-refractivity contribution in [1.29, 1.82) is 0 Å². The number of nitrogens with zero attached hydrogens (tertiary/aromatic N) is 1. The first-order valence-electron chi connectivity index (χ1n) is 6.58. The zero-order valence-corrected chi connectivity index (χ0v) is 12.6. The molecule has 0 unspecified atom stereocenters. The van der Waals surface area contributed by atoms with E-state index in [0.717, 1.165) is 22.9 Å². The summed E-state index contributed by atoms with van der Waals surface area (Å²) in [6.45, 7) is 0.860. The Labute approximate surface area is 128 Å². The van der Waals surface area contributed by atoms with E-state index in [1.54, 1.807) is 12.5 Å². The number of thioether (sulfide) groups is 1.